The number of rotatable bonds is 6. The second kappa shape index (κ2) is 8.25. The summed E-state index contributed by atoms with van der Waals surface area (Å²) in [6, 6.07) is 15.7. The summed E-state index contributed by atoms with van der Waals surface area (Å²) in [4.78, 5) is 24.0. The first-order chi connectivity index (χ1) is 13.7. The molecule has 1 amide bonds. The SMILES string of the molecule is Cc1cc(N2CCCC2)nc(NCCNC(=O)c2cccc3ccccc23)n1. The summed E-state index contributed by atoms with van der Waals surface area (Å²) in [5.41, 5.74) is 1.64. The zero-order valence-corrected chi connectivity index (χ0v) is 16.1. The molecule has 2 N–H and O–H groups in total. The van der Waals surface area contributed by atoms with Gasteiger partial charge in [0, 0.05) is 43.5 Å². The van der Waals surface area contributed by atoms with Gasteiger partial charge in [0.2, 0.25) is 5.95 Å². The Hall–Kier alpha value is -3.15. The van der Waals surface area contributed by atoms with Gasteiger partial charge in [-0.15, -0.1) is 0 Å². The molecular weight excluding hydrogens is 350 g/mol. The van der Waals surface area contributed by atoms with Crippen molar-refractivity contribution in [3.05, 3.63) is 59.8 Å². The lowest BCUT2D eigenvalue weighted by molar-refractivity contribution is 0.0957. The number of benzene rings is 2. The molecule has 0 atom stereocenters. The van der Waals surface area contributed by atoms with E-state index < -0.39 is 0 Å². The number of amides is 1. The van der Waals surface area contributed by atoms with E-state index in [1.54, 1.807) is 0 Å². The van der Waals surface area contributed by atoms with Gasteiger partial charge < -0.3 is 15.5 Å². The van der Waals surface area contributed by atoms with Crippen LogP contribution in [-0.2, 0) is 0 Å². The van der Waals surface area contributed by atoms with Crippen LogP contribution >= 0.6 is 0 Å². The number of hydrogen-bond donors (Lipinski definition) is 2. The Morgan fingerprint density at radius 2 is 1.82 bits per heavy atom. The topological polar surface area (TPSA) is 70.2 Å². The molecule has 1 aliphatic rings. The van der Waals surface area contributed by atoms with Gasteiger partial charge in [-0.2, -0.15) is 4.98 Å². The third kappa shape index (κ3) is 4.06. The van der Waals surface area contributed by atoms with Gasteiger partial charge >= 0.3 is 0 Å². The molecule has 0 bridgehead atoms. The number of carbonyl (C=O) groups excluding carboxylic acids is 1. The van der Waals surface area contributed by atoms with Crippen molar-refractivity contribution in [3.63, 3.8) is 0 Å². The minimum atomic E-state index is -0.0680. The first-order valence-electron chi connectivity index (χ1n) is 9.81. The molecule has 1 aromatic heterocycles. The maximum absolute atomic E-state index is 12.6. The van der Waals surface area contributed by atoms with E-state index in [-0.39, 0.29) is 5.91 Å². The average Bonchev–Trinajstić information content (AvgIpc) is 3.25. The highest BCUT2D eigenvalue weighted by Gasteiger charge is 2.15. The minimum absolute atomic E-state index is 0.0680. The van der Waals surface area contributed by atoms with Gasteiger partial charge in [-0.3, -0.25) is 4.79 Å². The van der Waals surface area contributed by atoms with Crippen LogP contribution in [-0.4, -0.2) is 42.1 Å². The Bertz CT molecular complexity index is 976. The molecule has 0 unspecified atom stereocenters. The molecule has 1 aliphatic heterocycles. The van der Waals surface area contributed by atoms with E-state index in [4.69, 9.17) is 0 Å². The number of anilines is 2. The van der Waals surface area contributed by atoms with Gasteiger partial charge in [0.05, 0.1) is 0 Å². The third-order valence-corrected chi connectivity index (χ3v) is 5.00. The molecule has 6 nitrogen and oxygen atoms in total. The summed E-state index contributed by atoms with van der Waals surface area (Å²) in [6.07, 6.45) is 2.43. The Morgan fingerprint density at radius 3 is 2.68 bits per heavy atom. The van der Waals surface area contributed by atoms with Gasteiger partial charge in [0.15, 0.2) is 0 Å². The predicted octanol–water partition coefficient (Wildman–Crippen LogP) is 3.38. The molecule has 6 heteroatoms. The van der Waals surface area contributed by atoms with Gasteiger partial charge in [-0.25, -0.2) is 4.98 Å². The maximum atomic E-state index is 12.6. The van der Waals surface area contributed by atoms with Crippen molar-refractivity contribution in [1.82, 2.24) is 15.3 Å². The van der Waals surface area contributed by atoms with Gasteiger partial charge in [-0.1, -0.05) is 36.4 Å². The smallest absolute Gasteiger partial charge is 0.251 e. The molecular formula is C22H25N5O. The van der Waals surface area contributed by atoms with Gasteiger partial charge in [0.25, 0.3) is 5.91 Å². The Kier molecular flexibility index (Phi) is 5.37. The fourth-order valence-corrected chi connectivity index (χ4v) is 3.61. The van der Waals surface area contributed by atoms with E-state index in [9.17, 15) is 4.79 Å². The lowest BCUT2D eigenvalue weighted by Gasteiger charge is -2.17. The molecule has 0 aliphatic carbocycles. The lowest BCUT2D eigenvalue weighted by Crippen LogP contribution is -2.29. The van der Waals surface area contributed by atoms with E-state index in [1.807, 2.05) is 55.5 Å². The minimum Gasteiger partial charge on any atom is -0.356 e. The van der Waals surface area contributed by atoms with Crippen molar-refractivity contribution < 1.29 is 4.79 Å². The molecule has 2 heterocycles. The quantitative estimate of drug-likeness (QED) is 0.647. The summed E-state index contributed by atoms with van der Waals surface area (Å²) in [6.45, 7) is 5.15. The van der Waals surface area contributed by atoms with Crippen LogP contribution in [0, 0.1) is 6.92 Å². The van der Waals surface area contributed by atoms with Crippen LogP contribution in [0.1, 0.15) is 28.9 Å². The molecule has 1 saturated heterocycles. The zero-order valence-electron chi connectivity index (χ0n) is 16.1. The van der Waals surface area contributed by atoms with Crippen molar-refractivity contribution in [3.8, 4) is 0 Å². The monoisotopic (exact) mass is 375 g/mol. The lowest BCUT2D eigenvalue weighted by atomic mass is 10.0. The highest BCUT2D eigenvalue weighted by Crippen LogP contribution is 2.20. The highest BCUT2D eigenvalue weighted by atomic mass is 16.1. The van der Waals surface area contributed by atoms with E-state index >= 15 is 0 Å². The van der Waals surface area contributed by atoms with Crippen LogP contribution in [0.5, 0.6) is 0 Å². The molecule has 0 radical (unpaired) electrons. The normalized spacial score (nSPS) is 13.7. The Balaban J connectivity index is 1.35. The van der Waals surface area contributed by atoms with Crippen LogP contribution in [0.15, 0.2) is 48.5 Å². The molecule has 2 aromatic carbocycles. The summed E-state index contributed by atoms with van der Waals surface area (Å²) in [7, 11) is 0. The van der Waals surface area contributed by atoms with Crippen LogP contribution in [0.3, 0.4) is 0 Å². The largest absolute Gasteiger partial charge is 0.356 e. The second-order valence-electron chi connectivity index (χ2n) is 7.09. The molecule has 0 spiro atoms. The second-order valence-corrected chi connectivity index (χ2v) is 7.09. The van der Waals surface area contributed by atoms with Gasteiger partial charge in [0.1, 0.15) is 5.82 Å². The fourth-order valence-electron chi connectivity index (χ4n) is 3.61. The number of carbonyl (C=O) groups is 1. The van der Waals surface area contributed by atoms with Gasteiger partial charge in [-0.05, 0) is 36.6 Å². The average molecular weight is 375 g/mol. The molecule has 4 rings (SSSR count). The number of nitrogens with zero attached hydrogens (tertiary/aromatic N) is 3. The number of nitrogens with one attached hydrogen (secondary N) is 2. The van der Waals surface area contributed by atoms with E-state index in [1.165, 1.54) is 12.8 Å². The molecule has 3 aromatic rings. The molecule has 144 valence electrons. The summed E-state index contributed by atoms with van der Waals surface area (Å²) >= 11 is 0. The van der Waals surface area contributed by atoms with E-state index in [0.717, 1.165) is 35.4 Å². The van der Waals surface area contributed by atoms with Crippen molar-refractivity contribution >= 4 is 28.4 Å². The van der Waals surface area contributed by atoms with Crippen LogP contribution in [0.25, 0.3) is 10.8 Å². The van der Waals surface area contributed by atoms with Crippen molar-refractivity contribution in [2.45, 2.75) is 19.8 Å². The molecule has 28 heavy (non-hydrogen) atoms. The Labute approximate surface area is 165 Å². The fraction of sp³-hybridized carbons (Fsp3) is 0.318. The van der Waals surface area contributed by atoms with Crippen LogP contribution < -0.4 is 15.5 Å². The number of hydrogen-bond acceptors (Lipinski definition) is 5. The van der Waals surface area contributed by atoms with Crippen molar-refractivity contribution in [2.24, 2.45) is 0 Å². The number of aromatic nitrogens is 2. The van der Waals surface area contributed by atoms with E-state index in [0.29, 0.717) is 24.6 Å². The standard InChI is InChI=1S/C22H25N5O/c1-16-15-20(27-13-4-5-14-27)26-22(25-16)24-12-11-23-21(28)19-10-6-8-17-7-2-3-9-18(17)19/h2-3,6-10,15H,4-5,11-14H2,1H3,(H,23,28)(H,24,25,26). The highest BCUT2D eigenvalue weighted by molar-refractivity contribution is 6.06. The summed E-state index contributed by atoms with van der Waals surface area (Å²) < 4.78 is 0. The van der Waals surface area contributed by atoms with Crippen molar-refractivity contribution in [2.75, 3.05) is 36.4 Å². The summed E-state index contributed by atoms with van der Waals surface area (Å²) in [5, 5.41) is 8.24. The maximum Gasteiger partial charge on any atom is 0.251 e. The molecule has 0 saturated carbocycles. The van der Waals surface area contributed by atoms with Crippen molar-refractivity contribution in [1.29, 1.82) is 0 Å². The predicted molar refractivity (Wildman–Crippen MR) is 113 cm³/mol. The van der Waals surface area contributed by atoms with E-state index in [2.05, 4.69) is 25.5 Å². The number of aryl methyl sites for hydroxylation is 1. The van der Waals surface area contributed by atoms with Crippen LogP contribution in [0.4, 0.5) is 11.8 Å². The Morgan fingerprint density at radius 1 is 1.04 bits per heavy atom. The number of fused-ring (bicyclic) bond motifs is 1. The third-order valence-electron chi connectivity index (χ3n) is 5.00. The zero-order chi connectivity index (χ0) is 19.3. The summed E-state index contributed by atoms with van der Waals surface area (Å²) in [5.74, 6) is 1.52. The molecule has 1 fully saturated rings. The van der Waals surface area contributed by atoms with Crippen LogP contribution in [0.2, 0.25) is 0 Å². The first-order valence-corrected chi connectivity index (χ1v) is 9.81. The first kappa shape index (κ1) is 18.2.